The van der Waals surface area contributed by atoms with Crippen molar-refractivity contribution in [1.82, 2.24) is 45.5 Å². The van der Waals surface area contributed by atoms with Crippen LogP contribution in [-0.2, 0) is 12.8 Å². The Morgan fingerprint density at radius 1 is 1.35 bits per heavy atom. The first-order valence-corrected chi connectivity index (χ1v) is 9.61. The van der Waals surface area contributed by atoms with Crippen molar-refractivity contribution in [3.8, 4) is 5.82 Å². The molecule has 0 fully saturated rings. The Labute approximate surface area is 177 Å². The quantitative estimate of drug-likeness (QED) is 0.234. The van der Waals surface area contributed by atoms with Gasteiger partial charge in [-0.05, 0) is 16.4 Å². The van der Waals surface area contributed by atoms with Gasteiger partial charge in [0.25, 0.3) is 5.91 Å². The van der Waals surface area contributed by atoms with Crippen LogP contribution in [0.25, 0.3) is 5.82 Å². The second-order valence-electron chi connectivity index (χ2n) is 6.00. The second-order valence-corrected chi connectivity index (χ2v) is 6.95. The molecule has 0 unspecified atom stereocenters. The van der Waals surface area contributed by atoms with Crippen molar-refractivity contribution in [2.75, 3.05) is 5.73 Å². The van der Waals surface area contributed by atoms with Crippen molar-refractivity contribution in [1.29, 1.82) is 0 Å². The number of aryl methyl sites for hydroxylation is 1. The number of hydrogen-bond donors (Lipinski definition) is 2. The van der Waals surface area contributed by atoms with Crippen LogP contribution in [0.3, 0.4) is 0 Å². The average molecular weight is 443 g/mol. The molecule has 0 saturated heterocycles. The summed E-state index contributed by atoms with van der Waals surface area (Å²) in [5, 5.41) is 27.2. The summed E-state index contributed by atoms with van der Waals surface area (Å²) >= 11 is 1.28. The number of amides is 1. The molecule has 0 radical (unpaired) electrons. The Bertz CT molecular complexity index is 1250. The van der Waals surface area contributed by atoms with E-state index in [0.717, 1.165) is 0 Å². The molecule has 4 aromatic rings. The topological polar surface area (TPSA) is 168 Å². The molecule has 0 aliphatic carbocycles. The van der Waals surface area contributed by atoms with E-state index < -0.39 is 11.7 Å². The molecule has 0 saturated carbocycles. The number of aromatic nitrogens is 8. The van der Waals surface area contributed by atoms with Crippen molar-refractivity contribution in [2.45, 2.75) is 10.9 Å². The number of thioether (sulfide) groups is 1. The largest absolute Gasteiger partial charge is 0.378 e. The number of carbonyl (C=O) groups excluding carboxylic acids is 1. The molecule has 0 bridgehead atoms. The summed E-state index contributed by atoms with van der Waals surface area (Å²) in [6.45, 7) is 0. The Morgan fingerprint density at radius 3 is 2.90 bits per heavy atom. The van der Waals surface area contributed by atoms with Crippen LogP contribution in [0, 0.1) is 5.82 Å². The summed E-state index contributed by atoms with van der Waals surface area (Å²) in [6.07, 6.45) is 2.73. The molecule has 158 valence electrons. The van der Waals surface area contributed by atoms with Gasteiger partial charge in [0, 0.05) is 18.4 Å². The molecule has 31 heavy (non-hydrogen) atoms. The molecule has 3 aromatic heterocycles. The third-order valence-electron chi connectivity index (χ3n) is 3.96. The van der Waals surface area contributed by atoms with E-state index in [2.05, 4.69) is 46.0 Å². The molecule has 4 rings (SSSR count). The van der Waals surface area contributed by atoms with Gasteiger partial charge in [-0.25, -0.2) is 14.4 Å². The third kappa shape index (κ3) is 4.25. The molecule has 3 heterocycles. The maximum atomic E-state index is 13.7. The number of benzene rings is 1. The van der Waals surface area contributed by atoms with Gasteiger partial charge in [0.15, 0.2) is 10.9 Å². The molecular weight excluding hydrogens is 429 g/mol. The predicted octanol–water partition coefficient (Wildman–Crippen LogP) is 0.556. The highest BCUT2D eigenvalue weighted by Gasteiger charge is 2.24. The number of nitrogen functional groups attached to an aromatic ring is 1. The van der Waals surface area contributed by atoms with E-state index in [1.54, 1.807) is 30.1 Å². The predicted molar refractivity (Wildman–Crippen MR) is 106 cm³/mol. The maximum absolute atomic E-state index is 13.7. The normalized spacial score (nSPS) is 11.3. The van der Waals surface area contributed by atoms with Crippen LogP contribution in [0.1, 0.15) is 21.7 Å². The Balaban J connectivity index is 1.59. The first-order valence-electron chi connectivity index (χ1n) is 8.62. The minimum absolute atomic E-state index is 0.0284. The lowest BCUT2D eigenvalue weighted by Crippen LogP contribution is -2.20. The fraction of sp³-hybridized carbons (Fsp3) is 0.125. The number of rotatable bonds is 7. The standard InChI is InChI=1S/C16H14FN11O2S/c1-27-8-20-23-16(27)31-7-11-12(21-26-28(11)14-13(18)24-30-25-14)15(29)22-19-6-9-4-2-3-5-10(9)17/h2-6,8H,7H2,1H3,(H2,18,24)(H,22,29). The van der Waals surface area contributed by atoms with Gasteiger partial charge in [-0.15, -0.1) is 15.3 Å². The molecule has 3 N–H and O–H groups in total. The van der Waals surface area contributed by atoms with E-state index in [1.165, 1.54) is 34.8 Å². The van der Waals surface area contributed by atoms with Gasteiger partial charge in [0.05, 0.1) is 11.9 Å². The zero-order valence-electron chi connectivity index (χ0n) is 15.9. The number of hydrazone groups is 1. The number of nitrogens with one attached hydrogen (secondary N) is 1. The molecule has 1 amide bonds. The molecular formula is C16H14FN11O2S. The number of halogens is 1. The highest BCUT2D eigenvalue weighted by molar-refractivity contribution is 7.98. The first kappa shape index (κ1) is 20.1. The van der Waals surface area contributed by atoms with E-state index in [1.807, 2.05) is 0 Å². The summed E-state index contributed by atoms with van der Waals surface area (Å²) < 4.78 is 21.3. The zero-order chi connectivity index (χ0) is 21.8. The number of carbonyl (C=O) groups is 1. The minimum Gasteiger partial charge on any atom is -0.378 e. The second kappa shape index (κ2) is 8.70. The average Bonchev–Trinajstić information content (AvgIpc) is 3.47. The van der Waals surface area contributed by atoms with Crippen LogP contribution in [0.5, 0.6) is 0 Å². The molecule has 0 aliphatic heterocycles. The van der Waals surface area contributed by atoms with Crippen LogP contribution >= 0.6 is 11.8 Å². The number of nitrogens with two attached hydrogens (primary N) is 1. The van der Waals surface area contributed by atoms with Gasteiger partial charge < -0.3 is 10.3 Å². The van der Waals surface area contributed by atoms with E-state index in [9.17, 15) is 9.18 Å². The lowest BCUT2D eigenvalue weighted by molar-refractivity contribution is 0.0949. The van der Waals surface area contributed by atoms with Crippen LogP contribution in [-0.4, -0.2) is 52.2 Å². The zero-order valence-corrected chi connectivity index (χ0v) is 16.7. The SMILES string of the molecule is Cn1cnnc1SCc1c(C(=O)NN=Cc2ccccc2F)nnn1-c1nonc1N. The van der Waals surface area contributed by atoms with Gasteiger partial charge >= 0.3 is 0 Å². The number of hydrogen-bond acceptors (Lipinski definition) is 11. The fourth-order valence-electron chi connectivity index (χ4n) is 2.44. The molecule has 1 aromatic carbocycles. The van der Waals surface area contributed by atoms with E-state index in [4.69, 9.17) is 5.73 Å². The summed E-state index contributed by atoms with van der Waals surface area (Å²) in [5.41, 5.74) is 8.58. The smallest absolute Gasteiger partial charge is 0.293 e. The molecule has 0 atom stereocenters. The van der Waals surface area contributed by atoms with E-state index >= 15 is 0 Å². The lowest BCUT2D eigenvalue weighted by atomic mass is 10.2. The van der Waals surface area contributed by atoms with Crippen molar-refractivity contribution in [2.24, 2.45) is 12.1 Å². The molecule has 15 heteroatoms. The molecule has 0 spiro atoms. The maximum Gasteiger partial charge on any atom is 0.293 e. The molecule has 13 nitrogen and oxygen atoms in total. The van der Waals surface area contributed by atoms with Crippen molar-refractivity contribution in [3.05, 3.63) is 53.4 Å². The van der Waals surface area contributed by atoms with Gasteiger partial charge in [0.2, 0.25) is 11.6 Å². The van der Waals surface area contributed by atoms with Crippen molar-refractivity contribution >= 4 is 29.7 Å². The fourth-order valence-corrected chi connectivity index (χ4v) is 3.33. The van der Waals surface area contributed by atoms with Gasteiger partial charge in [-0.3, -0.25) is 4.79 Å². The third-order valence-corrected chi connectivity index (χ3v) is 5.00. The van der Waals surface area contributed by atoms with Crippen LogP contribution in [0.2, 0.25) is 0 Å². The first-order chi connectivity index (χ1) is 15.0. The number of nitrogens with zero attached hydrogens (tertiary/aromatic N) is 9. The molecule has 0 aliphatic rings. The summed E-state index contributed by atoms with van der Waals surface area (Å²) in [5.74, 6) is -0.871. The van der Waals surface area contributed by atoms with E-state index in [-0.39, 0.29) is 28.6 Å². The van der Waals surface area contributed by atoms with Gasteiger partial charge in [-0.2, -0.15) is 9.78 Å². The minimum atomic E-state index is -0.664. The van der Waals surface area contributed by atoms with Gasteiger partial charge in [-0.1, -0.05) is 35.2 Å². The van der Waals surface area contributed by atoms with Crippen LogP contribution in [0.15, 0.2) is 45.5 Å². The van der Waals surface area contributed by atoms with Crippen LogP contribution < -0.4 is 11.2 Å². The summed E-state index contributed by atoms with van der Waals surface area (Å²) in [6, 6.07) is 6.00. The van der Waals surface area contributed by atoms with Crippen LogP contribution in [0.4, 0.5) is 10.2 Å². The summed E-state index contributed by atoms with van der Waals surface area (Å²) in [7, 11) is 1.78. The van der Waals surface area contributed by atoms with Gasteiger partial charge in [0.1, 0.15) is 12.1 Å². The summed E-state index contributed by atoms with van der Waals surface area (Å²) in [4.78, 5) is 12.7. The highest BCUT2D eigenvalue weighted by Crippen LogP contribution is 2.24. The number of anilines is 1. The van der Waals surface area contributed by atoms with Crippen molar-refractivity contribution < 1.29 is 13.8 Å². The Morgan fingerprint density at radius 2 is 2.19 bits per heavy atom. The Hall–Kier alpha value is -4.14. The lowest BCUT2D eigenvalue weighted by Gasteiger charge is -2.05. The Kier molecular flexibility index (Phi) is 5.65. The van der Waals surface area contributed by atoms with Crippen molar-refractivity contribution in [3.63, 3.8) is 0 Å². The monoisotopic (exact) mass is 443 g/mol. The highest BCUT2D eigenvalue weighted by atomic mass is 32.2. The van der Waals surface area contributed by atoms with E-state index in [0.29, 0.717) is 10.9 Å².